The summed E-state index contributed by atoms with van der Waals surface area (Å²) in [6.07, 6.45) is 4.21. The Hall–Kier alpha value is -0.770. The minimum atomic E-state index is -0.517. The zero-order valence-electron chi connectivity index (χ0n) is 12.0. The molecule has 3 rings (SSSR count). The van der Waals surface area contributed by atoms with Gasteiger partial charge in [-0.1, -0.05) is 17.7 Å². The second kappa shape index (κ2) is 5.55. The second-order valence-electron chi connectivity index (χ2n) is 6.42. The summed E-state index contributed by atoms with van der Waals surface area (Å²) >= 11 is 6.43. The molecule has 0 amide bonds. The number of piperidine rings is 1. The van der Waals surface area contributed by atoms with Gasteiger partial charge in [0.2, 0.25) is 0 Å². The van der Waals surface area contributed by atoms with Crippen LogP contribution >= 0.6 is 11.6 Å². The molecule has 0 aromatic heterocycles. The average molecular weight is 295 g/mol. The van der Waals surface area contributed by atoms with Gasteiger partial charge in [-0.2, -0.15) is 0 Å². The molecule has 1 aliphatic heterocycles. The Kier molecular flexibility index (Phi) is 3.93. The maximum atomic E-state index is 10.0. The van der Waals surface area contributed by atoms with Gasteiger partial charge in [0.05, 0.1) is 16.3 Å². The Morgan fingerprint density at radius 1 is 1.35 bits per heavy atom. The van der Waals surface area contributed by atoms with Gasteiger partial charge >= 0.3 is 0 Å². The quantitative estimate of drug-likeness (QED) is 0.896. The smallest absolute Gasteiger partial charge is 0.0653 e. The summed E-state index contributed by atoms with van der Waals surface area (Å²) in [5.74, 6) is 0. The Morgan fingerprint density at radius 3 is 2.65 bits per heavy atom. The minimum Gasteiger partial charge on any atom is -0.390 e. The molecule has 1 aromatic rings. The summed E-state index contributed by atoms with van der Waals surface area (Å²) < 4.78 is 0. The van der Waals surface area contributed by atoms with Crippen molar-refractivity contribution in [3.63, 3.8) is 0 Å². The van der Waals surface area contributed by atoms with Crippen molar-refractivity contribution in [3.8, 4) is 0 Å². The monoisotopic (exact) mass is 294 g/mol. The van der Waals surface area contributed by atoms with Crippen molar-refractivity contribution >= 4 is 17.3 Å². The average Bonchev–Trinajstić information content (AvgIpc) is 3.21. The van der Waals surface area contributed by atoms with Gasteiger partial charge in [0.15, 0.2) is 0 Å². The molecule has 1 aliphatic carbocycles. The van der Waals surface area contributed by atoms with Crippen molar-refractivity contribution in [3.05, 3.63) is 28.8 Å². The highest BCUT2D eigenvalue weighted by Gasteiger charge is 2.28. The molecule has 4 heteroatoms. The molecule has 2 N–H and O–H groups in total. The third-order valence-corrected chi connectivity index (χ3v) is 4.67. The third-order valence-electron chi connectivity index (χ3n) is 4.37. The SMILES string of the molecule is CC1(O)CCN(c2ccc(CNC3CC3)cc2Cl)CC1. The number of hydrogen-bond donors (Lipinski definition) is 2. The van der Waals surface area contributed by atoms with Crippen LogP contribution in [-0.4, -0.2) is 29.8 Å². The Labute approximate surface area is 125 Å². The van der Waals surface area contributed by atoms with E-state index >= 15 is 0 Å². The van der Waals surface area contributed by atoms with Crippen LogP contribution in [0.25, 0.3) is 0 Å². The van der Waals surface area contributed by atoms with Gasteiger partial charge in [-0.05, 0) is 50.3 Å². The molecular weight excluding hydrogens is 272 g/mol. The van der Waals surface area contributed by atoms with E-state index in [0.29, 0.717) is 0 Å². The van der Waals surface area contributed by atoms with Crippen molar-refractivity contribution in [1.82, 2.24) is 5.32 Å². The number of nitrogens with one attached hydrogen (secondary N) is 1. The Bertz CT molecular complexity index is 475. The van der Waals surface area contributed by atoms with Crippen molar-refractivity contribution in [2.45, 2.75) is 50.8 Å². The first kappa shape index (κ1) is 14.2. The maximum Gasteiger partial charge on any atom is 0.0653 e. The molecular formula is C16H23ClN2O. The molecule has 1 saturated carbocycles. The summed E-state index contributed by atoms with van der Waals surface area (Å²) in [6, 6.07) is 7.06. The van der Waals surface area contributed by atoms with Gasteiger partial charge in [0, 0.05) is 25.7 Å². The predicted molar refractivity (Wildman–Crippen MR) is 83.4 cm³/mol. The normalized spacial score (nSPS) is 22.1. The molecule has 1 heterocycles. The summed E-state index contributed by atoms with van der Waals surface area (Å²) in [6.45, 7) is 4.55. The van der Waals surface area contributed by atoms with Crippen molar-refractivity contribution < 1.29 is 5.11 Å². The molecule has 110 valence electrons. The van der Waals surface area contributed by atoms with Gasteiger partial charge < -0.3 is 15.3 Å². The van der Waals surface area contributed by atoms with E-state index in [-0.39, 0.29) is 0 Å². The van der Waals surface area contributed by atoms with E-state index in [0.717, 1.165) is 49.2 Å². The fourth-order valence-electron chi connectivity index (χ4n) is 2.70. The summed E-state index contributed by atoms with van der Waals surface area (Å²) in [5, 5.41) is 14.3. The molecule has 0 atom stereocenters. The van der Waals surface area contributed by atoms with Crippen LogP contribution in [0.4, 0.5) is 5.69 Å². The van der Waals surface area contributed by atoms with Gasteiger partial charge in [-0.25, -0.2) is 0 Å². The molecule has 1 aromatic carbocycles. The first-order valence-electron chi connectivity index (χ1n) is 7.53. The zero-order valence-corrected chi connectivity index (χ0v) is 12.8. The molecule has 0 bridgehead atoms. The fraction of sp³-hybridized carbons (Fsp3) is 0.625. The molecule has 0 spiro atoms. The van der Waals surface area contributed by atoms with Crippen LogP contribution in [0.2, 0.25) is 5.02 Å². The van der Waals surface area contributed by atoms with Crippen LogP contribution in [0, 0.1) is 0 Å². The lowest BCUT2D eigenvalue weighted by molar-refractivity contribution is 0.0351. The lowest BCUT2D eigenvalue weighted by atomic mass is 9.93. The van der Waals surface area contributed by atoms with Gasteiger partial charge in [0.1, 0.15) is 0 Å². The lowest BCUT2D eigenvalue weighted by Gasteiger charge is -2.37. The maximum absolute atomic E-state index is 10.0. The number of halogens is 1. The van der Waals surface area contributed by atoms with Crippen LogP contribution in [0.5, 0.6) is 0 Å². The first-order chi connectivity index (χ1) is 9.53. The molecule has 0 unspecified atom stereocenters. The van der Waals surface area contributed by atoms with Gasteiger partial charge in [-0.15, -0.1) is 0 Å². The van der Waals surface area contributed by atoms with Crippen LogP contribution in [0.1, 0.15) is 38.2 Å². The summed E-state index contributed by atoms with van der Waals surface area (Å²) in [5.41, 5.74) is 1.82. The standard InChI is InChI=1S/C16H23ClN2O/c1-16(20)6-8-19(9-7-16)15-5-2-12(10-14(15)17)11-18-13-3-4-13/h2,5,10,13,18,20H,3-4,6-9,11H2,1H3. The van der Waals surface area contributed by atoms with Crippen LogP contribution in [-0.2, 0) is 6.54 Å². The molecule has 2 aliphatic rings. The number of anilines is 1. The lowest BCUT2D eigenvalue weighted by Crippen LogP contribution is -2.42. The van der Waals surface area contributed by atoms with E-state index in [2.05, 4.69) is 28.4 Å². The highest BCUT2D eigenvalue weighted by molar-refractivity contribution is 6.33. The van der Waals surface area contributed by atoms with Crippen LogP contribution < -0.4 is 10.2 Å². The second-order valence-corrected chi connectivity index (χ2v) is 6.83. The van der Waals surface area contributed by atoms with E-state index in [1.807, 2.05) is 6.92 Å². The first-order valence-corrected chi connectivity index (χ1v) is 7.90. The largest absolute Gasteiger partial charge is 0.390 e. The zero-order chi connectivity index (χ0) is 14.2. The van der Waals surface area contributed by atoms with E-state index in [9.17, 15) is 5.11 Å². The summed E-state index contributed by atoms with van der Waals surface area (Å²) in [4.78, 5) is 2.28. The number of aliphatic hydroxyl groups is 1. The Morgan fingerprint density at radius 2 is 2.05 bits per heavy atom. The van der Waals surface area contributed by atoms with E-state index in [4.69, 9.17) is 11.6 Å². The van der Waals surface area contributed by atoms with Gasteiger partial charge in [-0.3, -0.25) is 0 Å². The van der Waals surface area contributed by atoms with Crippen LogP contribution in [0.15, 0.2) is 18.2 Å². The van der Waals surface area contributed by atoms with E-state index < -0.39 is 5.60 Å². The highest BCUT2D eigenvalue weighted by atomic mass is 35.5. The number of rotatable bonds is 4. The number of benzene rings is 1. The van der Waals surface area contributed by atoms with Crippen molar-refractivity contribution in [1.29, 1.82) is 0 Å². The van der Waals surface area contributed by atoms with E-state index in [1.165, 1.54) is 18.4 Å². The molecule has 2 fully saturated rings. The minimum absolute atomic E-state index is 0.517. The third kappa shape index (κ3) is 3.46. The molecule has 3 nitrogen and oxygen atoms in total. The molecule has 0 radical (unpaired) electrons. The van der Waals surface area contributed by atoms with E-state index in [1.54, 1.807) is 0 Å². The predicted octanol–water partition coefficient (Wildman–Crippen LogP) is 2.94. The van der Waals surface area contributed by atoms with Crippen LogP contribution in [0.3, 0.4) is 0 Å². The van der Waals surface area contributed by atoms with Crippen molar-refractivity contribution in [2.24, 2.45) is 0 Å². The summed E-state index contributed by atoms with van der Waals surface area (Å²) in [7, 11) is 0. The van der Waals surface area contributed by atoms with Crippen molar-refractivity contribution in [2.75, 3.05) is 18.0 Å². The fourth-order valence-corrected chi connectivity index (χ4v) is 3.02. The Balaban J connectivity index is 1.64. The molecule has 1 saturated heterocycles. The van der Waals surface area contributed by atoms with Gasteiger partial charge in [0.25, 0.3) is 0 Å². The number of hydrogen-bond acceptors (Lipinski definition) is 3. The highest BCUT2D eigenvalue weighted by Crippen LogP contribution is 2.32. The molecule has 20 heavy (non-hydrogen) atoms. The topological polar surface area (TPSA) is 35.5 Å². The number of nitrogens with zero attached hydrogens (tertiary/aromatic N) is 1.